The lowest BCUT2D eigenvalue weighted by atomic mass is 10.00. The molecule has 0 saturated heterocycles. The number of rotatable bonds is 4. The van der Waals surface area contributed by atoms with E-state index in [-0.39, 0.29) is 0 Å². The second-order valence-corrected chi connectivity index (χ2v) is 15.1. The number of hydrogen-bond donors (Lipinski definition) is 0. The summed E-state index contributed by atoms with van der Waals surface area (Å²) in [5.41, 5.74) is 8.95. The van der Waals surface area contributed by atoms with Crippen LogP contribution in [0, 0.1) is 0 Å². The molecule has 0 fully saturated rings. The van der Waals surface area contributed by atoms with E-state index in [9.17, 15) is 13.2 Å². The molecule has 0 radical (unpaired) electrons. The molecule has 12 aromatic rings. The first kappa shape index (κ1) is 33.5. The molecule has 7 heteroatoms. The maximum atomic E-state index is 13.8. The second-order valence-electron chi connectivity index (χ2n) is 15.1. The van der Waals surface area contributed by atoms with E-state index in [4.69, 9.17) is 4.98 Å². The minimum atomic E-state index is -4.45. The molecule has 0 aliphatic heterocycles. The third-order valence-corrected chi connectivity index (χ3v) is 11.9. The Morgan fingerprint density at radius 3 is 1.37 bits per heavy atom. The van der Waals surface area contributed by atoms with Gasteiger partial charge in [0.25, 0.3) is 0 Å². The average Bonchev–Trinajstić information content (AvgIpc) is 3.95. The SMILES string of the molecule is FC(F)(F)c1ccc(-n2c(-c3ccc(-n4c5ccccc5c5cc(-n6c7ccccc7c7ccccc76)ccc54)cc3)nc3c4ccccc4c4ccccc4c32)cc1. The Morgan fingerprint density at radius 1 is 0.356 bits per heavy atom. The van der Waals surface area contributed by atoms with E-state index in [1.807, 2.05) is 28.8 Å². The van der Waals surface area contributed by atoms with Crippen molar-refractivity contribution in [1.29, 1.82) is 0 Å². The van der Waals surface area contributed by atoms with Crippen molar-refractivity contribution in [3.05, 3.63) is 194 Å². The molecule has 9 aromatic carbocycles. The summed E-state index contributed by atoms with van der Waals surface area (Å²) in [5, 5.41) is 8.82. The predicted molar refractivity (Wildman–Crippen MR) is 235 cm³/mol. The maximum Gasteiger partial charge on any atom is 0.416 e. The Labute approximate surface area is 335 Å². The first-order chi connectivity index (χ1) is 28.9. The molecule has 3 aromatic heterocycles. The molecule has 0 unspecified atom stereocenters. The van der Waals surface area contributed by atoms with Gasteiger partial charge in [-0.05, 0) is 95.7 Å². The van der Waals surface area contributed by atoms with Crippen molar-refractivity contribution >= 4 is 76.2 Å². The molecular formula is C52H31F3N4. The van der Waals surface area contributed by atoms with Crippen LogP contribution in [0.25, 0.3) is 105 Å². The highest BCUT2D eigenvalue weighted by molar-refractivity contribution is 6.24. The zero-order valence-corrected chi connectivity index (χ0v) is 31.3. The van der Waals surface area contributed by atoms with E-state index in [2.05, 4.69) is 149 Å². The van der Waals surface area contributed by atoms with Gasteiger partial charge in [0, 0.05) is 54.9 Å². The fourth-order valence-corrected chi connectivity index (χ4v) is 9.29. The highest BCUT2D eigenvalue weighted by atomic mass is 19.4. The second kappa shape index (κ2) is 12.4. The van der Waals surface area contributed by atoms with Gasteiger partial charge in [-0.15, -0.1) is 0 Å². The first-order valence-corrected chi connectivity index (χ1v) is 19.5. The average molecular weight is 769 g/mol. The molecular weight excluding hydrogens is 738 g/mol. The van der Waals surface area contributed by atoms with Gasteiger partial charge in [-0.25, -0.2) is 4.98 Å². The fourth-order valence-electron chi connectivity index (χ4n) is 9.29. The summed E-state index contributed by atoms with van der Waals surface area (Å²) in [5.74, 6) is 0.644. The van der Waals surface area contributed by atoms with E-state index in [0.29, 0.717) is 11.5 Å². The zero-order valence-electron chi connectivity index (χ0n) is 31.3. The smallest absolute Gasteiger partial charge is 0.309 e. The van der Waals surface area contributed by atoms with Crippen molar-refractivity contribution in [2.45, 2.75) is 6.18 Å². The highest BCUT2D eigenvalue weighted by Gasteiger charge is 2.30. The highest BCUT2D eigenvalue weighted by Crippen LogP contribution is 2.41. The van der Waals surface area contributed by atoms with Crippen molar-refractivity contribution in [2.24, 2.45) is 0 Å². The standard InChI is InChI=1S/C52H31F3N4/c53-52(54,55)33-23-27-35(28-24-33)59-50-43-17-4-2-12-38(43)37-11-1-3-16-42(37)49(50)56-51(59)32-21-25-34(26-22-32)57-47-20-10-7-15-41(47)44-31-36(29-30-48(44)57)58-45-18-8-5-13-39(45)40-14-6-9-19-46(40)58/h1-31H. The number of benzene rings is 9. The topological polar surface area (TPSA) is 27.7 Å². The molecule has 0 spiro atoms. The van der Waals surface area contributed by atoms with Gasteiger partial charge in [-0.2, -0.15) is 13.2 Å². The van der Waals surface area contributed by atoms with Gasteiger partial charge in [0.15, 0.2) is 0 Å². The van der Waals surface area contributed by atoms with Crippen LogP contribution in [0.4, 0.5) is 13.2 Å². The largest absolute Gasteiger partial charge is 0.416 e. The van der Waals surface area contributed by atoms with Gasteiger partial charge >= 0.3 is 6.18 Å². The molecule has 0 N–H and O–H groups in total. The van der Waals surface area contributed by atoms with Crippen LogP contribution >= 0.6 is 0 Å². The lowest BCUT2D eigenvalue weighted by Crippen LogP contribution is -2.05. The van der Waals surface area contributed by atoms with Crippen LogP contribution in [0.3, 0.4) is 0 Å². The number of aromatic nitrogens is 4. The van der Waals surface area contributed by atoms with Crippen LogP contribution in [-0.2, 0) is 6.18 Å². The number of para-hydroxylation sites is 3. The van der Waals surface area contributed by atoms with E-state index in [1.165, 1.54) is 22.9 Å². The van der Waals surface area contributed by atoms with Crippen LogP contribution in [0.5, 0.6) is 0 Å². The molecule has 4 nitrogen and oxygen atoms in total. The van der Waals surface area contributed by atoms with Crippen molar-refractivity contribution < 1.29 is 13.2 Å². The van der Waals surface area contributed by atoms with E-state index in [1.54, 1.807) is 0 Å². The van der Waals surface area contributed by atoms with E-state index < -0.39 is 11.7 Å². The van der Waals surface area contributed by atoms with Crippen LogP contribution in [0.15, 0.2) is 188 Å². The van der Waals surface area contributed by atoms with Crippen molar-refractivity contribution in [1.82, 2.24) is 18.7 Å². The summed E-state index contributed by atoms with van der Waals surface area (Å²) < 4.78 is 48.0. The number of halogens is 3. The molecule has 0 aliphatic rings. The Balaban J connectivity index is 1.05. The van der Waals surface area contributed by atoms with Crippen LogP contribution < -0.4 is 0 Å². The van der Waals surface area contributed by atoms with Crippen molar-refractivity contribution in [3.63, 3.8) is 0 Å². The minimum absolute atomic E-state index is 0.599. The normalized spacial score (nSPS) is 12.3. The summed E-state index contributed by atoms with van der Waals surface area (Å²) in [4.78, 5) is 5.31. The third-order valence-electron chi connectivity index (χ3n) is 11.9. The van der Waals surface area contributed by atoms with E-state index in [0.717, 1.165) is 94.5 Å². The molecule has 0 saturated carbocycles. The first-order valence-electron chi connectivity index (χ1n) is 19.5. The number of hydrogen-bond acceptors (Lipinski definition) is 1. The third kappa shape index (κ3) is 4.94. The quantitative estimate of drug-likeness (QED) is 0.164. The number of nitrogens with zero attached hydrogens (tertiary/aromatic N) is 4. The molecule has 0 amide bonds. The van der Waals surface area contributed by atoms with Gasteiger partial charge in [0.1, 0.15) is 5.82 Å². The summed E-state index contributed by atoms with van der Waals surface area (Å²) in [7, 11) is 0. The van der Waals surface area contributed by atoms with Gasteiger partial charge in [0.05, 0.1) is 38.7 Å². The summed E-state index contributed by atoms with van der Waals surface area (Å²) in [6.07, 6.45) is -4.45. The summed E-state index contributed by atoms with van der Waals surface area (Å²) in [6.45, 7) is 0. The van der Waals surface area contributed by atoms with Gasteiger partial charge in [-0.3, -0.25) is 4.57 Å². The van der Waals surface area contributed by atoms with Gasteiger partial charge in [0.2, 0.25) is 0 Å². The van der Waals surface area contributed by atoms with E-state index >= 15 is 0 Å². The fraction of sp³-hybridized carbons (Fsp3) is 0.0192. The Kier molecular flexibility index (Phi) is 7.06. The van der Waals surface area contributed by atoms with Crippen LogP contribution in [0.1, 0.15) is 5.56 Å². The number of alkyl halides is 3. The van der Waals surface area contributed by atoms with Gasteiger partial charge < -0.3 is 9.13 Å². The summed E-state index contributed by atoms with van der Waals surface area (Å²) >= 11 is 0. The van der Waals surface area contributed by atoms with Crippen LogP contribution in [0.2, 0.25) is 0 Å². The Morgan fingerprint density at radius 2 is 0.780 bits per heavy atom. The monoisotopic (exact) mass is 768 g/mol. The molecule has 0 bridgehead atoms. The molecule has 59 heavy (non-hydrogen) atoms. The molecule has 0 atom stereocenters. The minimum Gasteiger partial charge on any atom is -0.309 e. The molecule has 280 valence electrons. The Bertz CT molecular complexity index is 3590. The summed E-state index contributed by atoms with van der Waals surface area (Å²) in [6, 6.07) is 62.4. The Hall–Kier alpha value is -7.64. The number of imidazole rings is 1. The molecule has 0 aliphatic carbocycles. The zero-order chi connectivity index (χ0) is 39.4. The maximum absolute atomic E-state index is 13.8. The molecule has 12 rings (SSSR count). The van der Waals surface area contributed by atoms with Crippen molar-refractivity contribution in [3.8, 4) is 28.5 Å². The van der Waals surface area contributed by atoms with Gasteiger partial charge in [-0.1, -0.05) is 103 Å². The number of fused-ring (bicyclic) bond motifs is 12. The predicted octanol–water partition coefficient (Wildman–Crippen LogP) is 14.2. The van der Waals surface area contributed by atoms with Crippen LogP contribution in [-0.4, -0.2) is 18.7 Å². The molecule has 3 heterocycles. The lowest BCUT2D eigenvalue weighted by Gasteiger charge is -2.14. The lowest BCUT2D eigenvalue weighted by molar-refractivity contribution is -0.137. The van der Waals surface area contributed by atoms with Crippen molar-refractivity contribution in [2.75, 3.05) is 0 Å².